The standard InChI is InChI=1S/C26H24N2O3S/c1-17-24(21-15-14-20(30-2)16-22(21)31-3)27-26(32-17)28-25(29)23(18-10-6-4-7-11-18)19-12-8-5-9-13-19/h4-16,23H,1-3H3,(H,27,28,29). The SMILES string of the molecule is COc1ccc(-c2nc(NC(=O)C(c3ccccc3)c3ccccc3)sc2C)c(OC)c1. The number of benzene rings is 3. The van der Waals surface area contributed by atoms with Gasteiger partial charge in [0.1, 0.15) is 11.5 Å². The second-order valence-electron chi connectivity index (χ2n) is 7.23. The minimum Gasteiger partial charge on any atom is -0.497 e. The molecule has 1 aromatic heterocycles. The van der Waals surface area contributed by atoms with E-state index in [1.54, 1.807) is 14.2 Å². The number of nitrogens with zero attached hydrogens (tertiary/aromatic N) is 1. The zero-order valence-corrected chi connectivity index (χ0v) is 19.0. The van der Waals surface area contributed by atoms with Crippen LogP contribution in [0.25, 0.3) is 11.3 Å². The predicted octanol–water partition coefficient (Wildman–Crippen LogP) is 5.91. The number of amides is 1. The van der Waals surface area contributed by atoms with Crippen molar-refractivity contribution in [1.82, 2.24) is 4.98 Å². The molecule has 0 bridgehead atoms. The lowest BCUT2D eigenvalue weighted by Crippen LogP contribution is -2.22. The molecule has 0 spiro atoms. The highest BCUT2D eigenvalue weighted by Gasteiger charge is 2.24. The van der Waals surface area contributed by atoms with E-state index >= 15 is 0 Å². The van der Waals surface area contributed by atoms with Gasteiger partial charge in [-0.05, 0) is 30.2 Å². The van der Waals surface area contributed by atoms with Crippen LogP contribution in [0.5, 0.6) is 11.5 Å². The summed E-state index contributed by atoms with van der Waals surface area (Å²) >= 11 is 1.44. The number of nitrogens with one attached hydrogen (secondary N) is 1. The van der Waals surface area contributed by atoms with Crippen LogP contribution in [0.2, 0.25) is 0 Å². The fraction of sp³-hybridized carbons (Fsp3) is 0.154. The number of rotatable bonds is 7. The summed E-state index contributed by atoms with van der Waals surface area (Å²) in [5, 5.41) is 3.59. The zero-order chi connectivity index (χ0) is 22.5. The van der Waals surface area contributed by atoms with Crippen LogP contribution in [-0.4, -0.2) is 25.1 Å². The van der Waals surface area contributed by atoms with E-state index in [2.05, 4.69) is 5.32 Å². The zero-order valence-electron chi connectivity index (χ0n) is 18.2. The van der Waals surface area contributed by atoms with Crippen LogP contribution in [0.15, 0.2) is 78.9 Å². The molecule has 0 unspecified atom stereocenters. The topological polar surface area (TPSA) is 60.5 Å². The largest absolute Gasteiger partial charge is 0.497 e. The summed E-state index contributed by atoms with van der Waals surface area (Å²) in [6.07, 6.45) is 0. The molecule has 0 aliphatic heterocycles. The lowest BCUT2D eigenvalue weighted by molar-refractivity contribution is -0.116. The molecule has 5 nitrogen and oxygen atoms in total. The van der Waals surface area contributed by atoms with Crippen LogP contribution >= 0.6 is 11.3 Å². The third-order valence-electron chi connectivity index (χ3n) is 5.22. The Morgan fingerprint density at radius 3 is 2.09 bits per heavy atom. The van der Waals surface area contributed by atoms with Gasteiger partial charge in [-0.25, -0.2) is 4.98 Å². The van der Waals surface area contributed by atoms with Gasteiger partial charge >= 0.3 is 0 Å². The minimum absolute atomic E-state index is 0.121. The van der Waals surface area contributed by atoms with E-state index in [0.29, 0.717) is 16.6 Å². The van der Waals surface area contributed by atoms with Crippen molar-refractivity contribution in [3.63, 3.8) is 0 Å². The number of thiazole rings is 1. The fourth-order valence-corrected chi connectivity index (χ4v) is 4.49. The molecule has 32 heavy (non-hydrogen) atoms. The van der Waals surface area contributed by atoms with Crippen molar-refractivity contribution in [2.24, 2.45) is 0 Å². The highest BCUT2D eigenvalue weighted by Crippen LogP contribution is 2.38. The maximum atomic E-state index is 13.4. The van der Waals surface area contributed by atoms with Crippen molar-refractivity contribution in [3.05, 3.63) is 94.9 Å². The van der Waals surface area contributed by atoms with Gasteiger partial charge < -0.3 is 14.8 Å². The smallest absolute Gasteiger partial charge is 0.238 e. The molecule has 0 aliphatic carbocycles. The highest BCUT2D eigenvalue weighted by atomic mass is 32.1. The number of carbonyl (C=O) groups is 1. The Labute approximate surface area is 191 Å². The van der Waals surface area contributed by atoms with Gasteiger partial charge in [-0.2, -0.15) is 0 Å². The van der Waals surface area contributed by atoms with Gasteiger partial charge in [0.25, 0.3) is 0 Å². The summed E-state index contributed by atoms with van der Waals surface area (Å²) in [5.41, 5.74) is 3.49. The molecule has 0 atom stereocenters. The molecule has 0 fully saturated rings. The van der Waals surface area contributed by atoms with Gasteiger partial charge in [0.2, 0.25) is 5.91 Å². The molecule has 6 heteroatoms. The monoisotopic (exact) mass is 444 g/mol. The lowest BCUT2D eigenvalue weighted by Gasteiger charge is -2.17. The first kappa shape index (κ1) is 21.6. The first-order chi connectivity index (χ1) is 15.6. The van der Waals surface area contributed by atoms with Crippen molar-refractivity contribution in [1.29, 1.82) is 0 Å². The van der Waals surface area contributed by atoms with E-state index in [1.165, 1.54) is 11.3 Å². The molecular weight excluding hydrogens is 420 g/mol. The Hall–Kier alpha value is -3.64. The number of ether oxygens (including phenoxy) is 2. The predicted molar refractivity (Wildman–Crippen MR) is 129 cm³/mol. The third-order valence-corrected chi connectivity index (χ3v) is 6.10. The van der Waals surface area contributed by atoms with Gasteiger partial charge in [-0.1, -0.05) is 60.7 Å². The van der Waals surface area contributed by atoms with Gasteiger partial charge in [-0.3, -0.25) is 4.79 Å². The Balaban J connectivity index is 1.65. The van der Waals surface area contributed by atoms with Crippen molar-refractivity contribution in [3.8, 4) is 22.8 Å². The molecule has 0 saturated heterocycles. The number of aromatic nitrogens is 1. The molecule has 0 radical (unpaired) electrons. The van der Waals surface area contributed by atoms with Gasteiger partial charge in [0, 0.05) is 16.5 Å². The van der Waals surface area contributed by atoms with Gasteiger partial charge in [0.05, 0.1) is 25.8 Å². The van der Waals surface area contributed by atoms with E-state index in [-0.39, 0.29) is 5.91 Å². The molecule has 3 aromatic carbocycles. The Morgan fingerprint density at radius 2 is 1.53 bits per heavy atom. The fourth-order valence-electron chi connectivity index (χ4n) is 3.66. The summed E-state index contributed by atoms with van der Waals surface area (Å²) in [5.74, 6) is 0.827. The minimum atomic E-state index is -0.430. The molecule has 1 N–H and O–H groups in total. The normalized spacial score (nSPS) is 10.8. The van der Waals surface area contributed by atoms with Crippen molar-refractivity contribution >= 4 is 22.4 Å². The Morgan fingerprint density at radius 1 is 0.906 bits per heavy atom. The maximum absolute atomic E-state index is 13.4. The first-order valence-electron chi connectivity index (χ1n) is 10.2. The molecule has 1 heterocycles. The molecule has 4 aromatic rings. The molecule has 0 aliphatic rings. The number of anilines is 1. The van der Waals surface area contributed by atoms with Crippen LogP contribution in [-0.2, 0) is 4.79 Å². The third kappa shape index (κ3) is 4.50. The van der Waals surface area contributed by atoms with E-state index in [9.17, 15) is 4.79 Å². The lowest BCUT2D eigenvalue weighted by atomic mass is 9.90. The summed E-state index contributed by atoms with van der Waals surface area (Å²) in [7, 11) is 3.24. The van der Waals surface area contributed by atoms with Crippen LogP contribution in [0.3, 0.4) is 0 Å². The second kappa shape index (κ2) is 9.66. The van der Waals surface area contributed by atoms with E-state index in [1.807, 2.05) is 85.8 Å². The Kier molecular flexibility index (Phi) is 6.52. The second-order valence-corrected chi connectivity index (χ2v) is 8.44. The summed E-state index contributed by atoms with van der Waals surface area (Å²) in [6, 6.07) is 25.2. The van der Waals surface area contributed by atoms with Crippen LogP contribution < -0.4 is 14.8 Å². The van der Waals surface area contributed by atoms with Gasteiger partial charge in [0.15, 0.2) is 5.13 Å². The van der Waals surface area contributed by atoms with Crippen molar-refractivity contribution < 1.29 is 14.3 Å². The molecule has 4 rings (SSSR count). The van der Waals surface area contributed by atoms with E-state index in [4.69, 9.17) is 14.5 Å². The average molecular weight is 445 g/mol. The quantitative estimate of drug-likeness (QED) is 0.385. The Bertz CT molecular complexity index is 1170. The highest BCUT2D eigenvalue weighted by molar-refractivity contribution is 7.16. The summed E-state index contributed by atoms with van der Waals surface area (Å²) in [4.78, 5) is 19.1. The molecular formula is C26H24N2O3S. The summed E-state index contributed by atoms with van der Waals surface area (Å²) in [6.45, 7) is 1.98. The number of carbonyl (C=O) groups excluding carboxylic acids is 1. The van der Waals surface area contributed by atoms with E-state index in [0.717, 1.165) is 27.3 Å². The molecule has 0 saturated carbocycles. The van der Waals surface area contributed by atoms with Crippen LogP contribution in [0.4, 0.5) is 5.13 Å². The van der Waals surface area contributed by atoms with Crippen LogP contribution in [0.1, 0.15) is 21.9 Å². The number of hydrogen-bond acceptors (Lipinski definition) is 5. The van der Waals surface area contributed by atoms with Crippen molar-refractivity contribution in [2.75, 3.05) is 19.5 Å². The average Bonchev–Trinajstić information content (AvgIpc) is 3.19. The van der Waals surface area contributed by atoms with Gasteiger partial charge in [-0.15, -0.1) is 11.3 Å². The molecule has 1 amide bonds. The molecule has 162 valence electrons. The number of methoxy groups -OCH3 is 2. The van der Waals surface area contributed by atoms with Crippen molar-refractivity contribution in [2.45, 2.75) is 12.8 Å². The van der Waals surface area contributed by atoms with E-state index < -0.39 is 5.92 Å². The van der Waals surface area contributed by atoms with Crippen LogP contribution in [0, 0.1) is 6.92 Å². The first-order valence-corrected chi connectivity index (χ1v) is 11.0. The maximum Gasteiger partial charge on any atom is 0.238 e. The summed E-state index contributed by atoms with van der Waals surface area (Å²) < 4.78 is 10.8. The number of aryl methyl sites for hydroxylation is 1. The number of hydrogen-bond donors (Lipinski definition) is 1.